The highest BCUT2D eigenvalue weighted by Gasteiger charge is 1.88. The maximum Gasteiger partial charge on any atom is 0.123 e. The molecule has 0 aliphatic heterocycles. The van der Waals surface area contributed by atoms with Crippen LogP contribution in [0.25, 0.3) is 6.08 Å². The minimum atomic E-state index is -0.198. The fraction of sp³-hybridized carbons (Fsp3) is 0.0909. The average molecular weight is 162 g/mol. The molecule has 0 heterocycles. The molecule has 0 radical (unpaired) electrons. The third-order valence-electron chi connectivity index (χ3n) is 1.46. The molecule has 0 fully saturated rings. The molecule has 0 bridgehead atoms. The van der Waals surface area contributed by atoms with E-state index in [4.69, 9.17) is 0 Å². The summed E-state index contributed by atoms with van der Waals surface area (Å²) in [5.41, 5.74) is 0.886. The zero-order valence-corrected chi connectivity index (χ0v) is 6.83. The first-order valence-electron chi connectivity index (χ1n) is 3.86. The van der Waals surface area contributed by atoms with E-state index in [1.165, 1.54) is 12.1 Å². The number of benzene rings is 1. The Morgan fingerprint density at radius 3 is 2.92 bits per heavy atom. The first-order valence-corrected chi connectivity index (χ1v) is 3.86. The largest absolute Gasteiger partial charge is 0.207 e. The number of hydrogen-bond donors (Lipinski definition) is 0. The van der Waals surface area contributed by atoms with Gasteiger partial charge in [0.1, 0.15) is 5.82 Å². The molecular weight excluding hydrogens is 151 g/mol. The van der Waals surface area contributed by atoms with Gasteiger partial charge in [-0.1, -0.05) is 30.4 Å². The monoisotopic (exact) mass is 162 g/mol. The van der Waals surface area contributed by atoms with E-state index >= 15 is 0 Å². The van der Waals surface area contributed by atoms with Crippen LogP contribution in [0.3, 0.4) is 0 Å². The van der Waals surface area contributed by atoms with Crippen molar-refractivity contribution in [1.82, 2.24) is 0 Å². The highest BCUT2D eigenvalue weighted by atomic mass is 19.1. The topological polar surface area (TPSA) is 0 Å². The first kappa shape index (κ1) is 8.72. The zero-order chi connectivity index (χ0) is 8.81. The third-order valence-corrected chi connectivity index (χ3v) is 1.46. The van der Waals surface area contributed by atoms with E-state index in [2.05, 4.69) is 6.58 Å². The molecule has 0 saturated carbocycles. The molecule has 1 aromatic carbocycles. The Balaban J connectivity index is 2.69. The molecule has 0 saturated heterocycles. The summed E-state index contributed by atoms with van der Waals surface area (Å²) in [6.07, 6.45) is 6.44. The number of hydrogen-bond acceptors (Lipinski definition) is 0. The molecule has 0 unspecified atom stereocenters. The van der Waals surface area contributed by atoms with Crippen molar-refractivity contribution in [3.8, 4) is 0 Å². The number of allylic oxidation sites excluding steroid dienone is 2. The van der Waals surface area contributed by atoms with E-state index in [0.717, 1.165) is 12.0 Å². The summed E-state index contributed by atoms with van der Waals surface area (Å²) in [4.78, 5) is 0. The van der Waals surface area contributed by atoms with Gasteiger partial charge in [-0.05, 0) is 24.1 Å². The van der Waals surface area contributed by atoms with Crippen LogP contribution in [0.2, 0.25) is 0 Å². The van der Waals surface area contributed by atoms with Gasteiger partial charge in [-0.15, -0.1) is 6.58 Å². The van der Waals surface area contributed by atoms with E-state index in [1.807, 2.05) is 18.2 Å². The Kier molecular flexibility index (Phi) is 3.27. The SMILES string of the molecule is C=CC/C=C/c1cccc(F)c1. The van der Waals surface area contributed by atoms with Gasteiger partial charge in [0, 0.05) is 0 Å². The van der Waals surface area contributed by atoms with Gasteiger partial charge in [-0.3, -0.25) is 0 Å². The number of halogens is 1. The number of rotatable bonds is 3. The molecule has 0 nitrogen and oxygen atoms in total. The molecule has 1 heteroatoms. The molecule has 0 N–H and O–H groups in total. The smallest absolute Gasteiger partial charge is 0.123 e. The quantitative estimate of drug-likeness (QED) is 0.597. The Morgan fingerprint density at radius 2 is 2.25 bits per heavy atom. The maximum atomic E-state index is 12.6. The van der Waals surface area contributed by atoms with Gasteiger partial charge in [-0.25, -0.2) is 4.39 Å². The molecular formula is C11H11F. The van der Waals surface area contributed by atoms with Crippen molar-refractivity contribution in [2.75, 3.05) is 0 Å². The molecule has 0 aromatic heterocycles. The van der Waals surface area contributed by atoms with Gasteiger partial charge in [0.15, 0.2) is 0 Å². The lowest BCUT2D eigenvalue weighted by molar-refractivity contribution is 0.627. The summed E-state index contributed by atoms with van der Waals surface area (Å²) < 4.78 is 12.6. The molecule has 0 aliphatic rings. The van der Waals surface area contributed by atoms with Crippen LogP contribution in [0.1, 0.15) is 12.0 Å². The summed E-state index contributed by atoms with van der Waals surface area (Å²) in [6, 6.07) is 6.50. The highest BCUT2D eigenvalue weighted by molar-refractivity contribution is 5.49. The third kappa shape index (κ3) is 2.70. The molecule has 1 aromatic rings. The van der Waals surface area contributed by atoms with Crippen LogP contribution in [0, 0.1) is 5.82 Å². The van der Waals surface area contributed by atoms with Crippen LogP contribution in [0.4, 0.5) is 4.39 Å². The van der Waals surface area contributed by atoms with Crippen LogP contribution in [-0.2, 0) is 0 Å². The predicted molar refractivity (Wildman–Crippen MR) is 50.2 cm³/mol. The van der Waals surface area contributed by atoms with Crippen molar-refractivity contribution in [3.05, 3.63) is 54.4 Å². The van der Waals surface area contributed by atoms with E-state index in [9.17, 15) is 4.39 Å². The summed E-state index contributed by atoms with van der Waals surface area (Å²) >= 11 is 0. The molecule has 0 aliphatic carbocycles. The molecule has 12 heavy (non-hydrogen) atoms. The lowest BCUT2D eigenvalue weighted by atomic mass is 10.2. The second-order valence-corrected chi connectivity index (χ2v) is 2.48. The predicted octanol–water partition coefficient (Wildman–Crippen LogP) is 3.42. The lowest BCUT2D eigenvalue weighted by Crippen LogP contribution is -1.74. The van der Waals surface area contributed by atoms with Crippen LogP contribution in [-0.4, -0.2) is 0 Å². The van der Waals surface area contributed by atoms with Crippen molar-refractivity contribution in [1.29, 1.82) is 0 Å². The first-order chi connectivity index (χ1) is 5.83. The van der Waals surface area contributed by atoms with E-state index in [1.54, 1.807) is 12.1 Å². The Morgan fingerprint density at radius 1 is 1.42 bits per heavy atom. The van der Waals surface area contributed by atoms with Crippen molar-refractivity contribution in [2.45, 2.75) is 6.42 Å². The normalized spacial score (nSPS) is 10.4. The Labute approximate surface area is 72.0 Å². The van der Waals surface area contributed by atoms with Crippen LogP contribution >= 0.6 is 0 Å². The lowest BCUT2D eigenvalue weighted by Gasteiger charge is -1.91. The van der Waals surface area contributed by atoms with Crippen molar-refractivity contribution in [2.24, 2.45) is 0 Å². The van der Waals surface area contributed by atoms with Crippen molar-refractivity contribution < 1.29 is 4.39 Å². The van der Waals surface area contributed by atoms with Crippen LogP contribution in [0.15, 0.2) is 43.0 Å². The van der Waals surface area contributed by atoms with E-state index in [-0.39, 0.29) is 5.82 Å². The van der Waals surface area contributed by atoms with Crippen LogP contribution in [0.5, 0.6) is 0 Å². The van der Waals surface area contributed by atoms with E-state index in [0.29, 0.717) is 0 Å². The molecule has 0 atom stereocenters. The highest BCUT2D eigenvalue weighted by Crippen LogP contribution is 2.05. The minimum Gasteiger partial charge on any atom is -0.207 e. The standard InChI is InChI=1S/C11H11F/c1-2-3-4-6-10-7-5-8-11(12)9-10/h2,4-9H,1,3H2/b6-4+. The summed E-state index contributed by atoms with van der Waals surface area (Å²) in [7, 11) is 0. The fourth-order valence-electron chi connectivity index (χ4n) is 0.911. The van der Waals surface area contributed by atoms with Gasteiger partial charge < -0.3 is 0 Å². The maximum absolute atomic E-state index is 12.6. The minimum absolute atomic E-state index is 0.198. The second kappa shape index (κ2) is 4.50. The van der Waals surface area contributed by atoms with Crippen molar-refractivity contribution >= 4 is 6.08 Å². The Hall–Kier alpha value is -1.37. The zero-order valence-electron chi connectivity index (χ0n) is 6.83. The molecule has 0 amide bonds. The van der Waals surface area contributed by atoms with Gasteiger partial charge in [-0.2, -0.15) is 0 Å². The van der Waals surface area contributed by atoms with E-state index < -0.39 is 0 Å². The molecule has 1 rings (SSSR count). The Bertz CT molecular complexity index is 287. The molecule has 62 valence electrons. The van der Waals surface area contributed by atoms with Crippen LogP contribution < -0.4 is 0 Å². The molecule has 0 spiro atoms. The van der Waals surface area contributed by atoms with Gasteiger partial charge in [0.25, 0.3) is 0 Å². The second-order valence-electron chi connectivity index (χ2n) is 2.48. The van der Waals surface area contributed by atoms with Gasteiger partial charge >= 0.3 is 0 Å². The summed E-state index contributed by atoms with van der Waals surface area (Å²) in [5, 5.41) is 0. The fourth-order valence-corrected chi connectivity index (χ4v) is 0.911. The van der Waals surface area contributed by atoms with Gasteiger partial charge in [0.2, 0.25) is 0 Å². The van der Waals surface area contributed by atoms with Gasteiger partial charge in [0.05, 0.1) is 0 Å². The summed E-state index contributed by atoms with van der Waals surface area (Å²) in [5.74, 6) is -0.198. The summed E-state index contributed by atoms with van der Waals surface area (Å²) in [6.45, 7) is 3.58. The van der Waals surface area contributed by atoms with Crippen molar-refractivity contribution in [3.63, 3.8) is 0 Å². The average Bonchev–Trinajstić information content (AvgIpc) is 2.05.